The van der Waals surface area contributed by atoms with E-state index < -0.39 is 0 Å². The van der Waals surface area contributed by atoms with Crippen molar-refractivity contribution in [2.24, 2.45) is 11.8 Å². The van der Waals surface area contributed by atoms with Crippen LogP contribution in [0, 0.1) is 11.8 Å². The average Bonchev–Trinajstić information content (AvgIpc) is 2.33. The smallest absolute Gasteiger partial charge is 0.0829 e. The summed E-state index contributed by atoms with van der Waals surface area (Å²) in [6, 6.07) is 0. The van der Waals surface area contributed by atoms with Crippen molar-refractivity contribution >= 4 is 0 Å². The summed E-state index contributed by atoms with van der Waals surface area (Å²) in [7, 11) is 0. The summed E-state index contributed by atoms with van der Waals surface area (Å²) in [5, 5.41) is 8.20. The lowest BCUT2D eigenvalue weighted by molar-refractivity contribution is 0.472. The molecule has 74 valence electrons. The first kappa shape index (κ1) is 10.2. The molecular weight excluding hydrogens is 162 g/mol. The zero-order valence-corrected chi connectivity index (χ0v) is 8.99. The second-order valence-corrected chi connectivity index (χ2v) is 4.42. The first-order valence-corrected chi connectivity index (χ1v) is 4.97. The van der Waals surface area contributed by atoms with Crippen molar-refractivity contribution in [2.45, 2.75) is 40.7 Å². The van der Waals surface area contributed by atoms with Crippen LogP contribution in [-0.4, -0.2) is 15.0 Å². The fourth-order valence-electron chi connectivity index (χ4n) is 1.31. The maximum atomic E-state index is 4.12. The van der Waals surface area contributed by atoms with Gasteiger partial charge in [-0.3, -0.25) is 4.68 Å². The summed E-state index contributed by atoms with van der Waals surface area (Å²) in [5.41, 5.74) is 1.11. The molecule has 0 saturated carbocycles. The minimum absolute atomic E-state index is 0.633. The van der Waals surface area contributed by atoms with Crippen LogP contribution >= 0.6 is 0 Å². The molecule has 1 rings (SSSR count). The molecule has 0 fully saturated rings. The molecule has 0 aliphatic carbocycles. The normalized spacial score (nSPS) is 11.5. The molecule has 0 N–H and O–H groups in total. The van der Waals surface area contributed by atoms with Gasteiger partial charge in [-0.15, -0.1) is 5.10 Å². The number of rotatable bonds is 4. The maximum absolute atomic E-state index is 4.12. The molecule has 13 heavy (non-hydrogen) atoms. The molecule has 3 heteroatoms. The van der Waals surface area contributed by atoms with Gasteiger partial charge in [0.1, 0.15) is 0 Å². The molecule has 0 aromatic carbocycles. The fourth-order valence-corrected chi connectivity index (χ4v) is 1.31. The van der Waals surface area contributed by atoms with E-state index in [4.69, 9.17) is 0 Å². The van der Waals surface area contributed by atoms with Crippen LogP contribution in [0.4, 0.5) is 0 Å². The van der Waals surface area contributed by atoms with Crippen LogP contribution in [0.3, 0.4) is 0 Å². The van der Waals surface area contributed by atoms with Crippen molar-refractivity contribution in [2.75, 3.05) is 0 Å². The van der Waals surface area contributed by atoms with E-state index >= 15 is 0 Å². The van der Waals surface area contributed by atoms with Gasteiger partial charge in [0.25, 0.3) is 0 Å². The SMILES string of the molecule is CC(C)Cc1cn(CC(C)C)nn1. The van der Waals surface area contributed by atoms with Crippen molar-refractivity contribution in [3.05, 3.63) is 11.9 Å². The lowest BCUT2D eigenvalue weighted by atomic mass is 10.1. The number of nitrogens with zero attached hydrogens (tertiary/aromatic N) is 3. The summed E-state index contributed by atoms with van der Waals surface area (Å²) >= 11 is 0. The Morgan fingerprint density at radius 3 is 2.46 bits per heavy atom. The summed E-state index contributed by atoms with van der Waals surface area (Å²) in [6.45, 7) is 9.72. The van der Waals surface area contributed by atoms with E-state index in [0.29, 0.717) is 11.8 Å². The third-order valence-electron chi connectivity index (χ3n) is 1.76. The second kappa shape index (κ2) is 4.40. The van der Waals surface area contributed by atoms with Crippen molar-refractivity contribution in [1.82, 2.24) is 15.0 Å². The molecule has 0 aliphatic rings. The number of aromatic nitrogens is 3. The highest BCUT2D eigenvalue weighted by Gasteiger charge is 2.04. The van der Waals surface area contributed by atoms with Crippen molar-refractivity contribution < 1.29 is 0 Å². The van der Waals surface area contributed by atoms with Crippen molar-refractivity contribution in [3.8, 4) is 0 Å². The Morgan fingerprint density at radius 1 is 1.23 bits per heavy atom. The topological polar surface area (TPSA) is 30.7 Å². The predicted octanol–water partition coefficient (Wildman–Crippen LogP) is 2.13. The van der Waals surface area contributed by atoms with Crippen LogP contribution in [0.5, 0.6) is 0 Å². The molecule has 1 aromatic rings. The Kier molecular flexibility index (Phi) is 3.46. The Bertz CT molecular complexity index is 226. The standard InChI is InChI=1S/C10H19N3/c1-8(2)5-10-7-13(12-11-10)6-9(3)4/h7-9H,5-6H2,1-4H3. The molecule has 0 amide bonds. The van der Waals surface area contributed by atoms with Crippen LogP contribution in [-0.2, 0) is 13.0 Å². The predicted molar refractivity (Wildman–Crippen MR) is 53.4 cm³/mol. The largest absolute Gasteiger partial charge is 0.252 e. The van der Waals surface area contributed by atoms with Crippen LogP contribution < -0.4 is 0 Å². The first-order valence-electron chi connectivity index (χ1n) is 4.97. The van der Waals surface area contributed by atoms with E-state index in [9.17, 15) is 0 Å². The van der Waals surface area contributed by atoms with E-state index in [0.717, 1.165) is 18.7 Å². The quantitative estimate of drug-likeness (QED) is 0.712. The molecule has 0 atom stereocenters. The highest BCUT2D eigenvalue weighted by molar-refractivity contribution is 4.93. The van der Waals surface area contributed by atoms with E-state index in [2.05, 4.69) is 44.2 Å². The lowest BCUT2D eigenvalue weighted by Crippen LogP contribution is -2.04. The van der Waals surface area contributed by atoms with Crippen LogP contribution in [0.15, 0.2) is 6.20 Å². The molecule has 0 radical (unpaired) electrons. The van der Waals surface area contributed by atoms with Crippen molar-refractivity contribution in [3.63, 3.8) is 0 Å². The maximum Gasteiger partial charge on any atom is 0.0829 e. The summed E-state index contributed by atoms with van der Waals surface area (Å²) in [6.07, 6.45) is 3.08. The molecule has 0 spiro atoms. The summed E-state index contributed by atoms with van der Waals surface area (Å²) < 4.78 is 1.93. The molecular formula is C10H19N3. The second-order valence-electron chi connectivity index (χ2n) is 4.42. The number of hydrogen-bond acceptors (Lipinski definition) is 2. The minimum Gasteiger partial charge on any atom is -0.252 e. The van der Waals surface area contributed by atoms with Gasteiger partial charge in [0, 0.05) is 12.7 Å². The molecule has 0 saturated heterocycles. The number of hydrogen-bond donors (Lipinski definition) is 0. The molecule has 1 aromatic heterocycles. The monoisotopic (exact) mass is 181 g/mol. The van der Waals surface area contributed by atoms with Gasteiger partial charge in [0.15, 0.2) is 0 Å². The zero-order chi connectivity index (χ0) is 9.84. The van der Waals surface area contributed by atoms with Gasteiger partial charge >= 0.3 is 0 Å². The van der Waals surface area contributed by atoms with Gasteiger partial charge in [-0.1, -0.05) is 32.9 Å². The third-order valence-corrected chi connectivity index (χ3v) is 1.76. The van der Waals surface area contributed by atoms with Gasteiger partial charge in [-0.25, -0.2) is 0 Å². The molecule has 1 heterocycles. The van der Waals surface area contributed by atoms with Crippen molar-refractivity contribution in [1.29, 1.82) is 0 Å². The van der Waals surface area contributed by atoms with Gasteiger partial charge in [0.05, 0.1) is 5.69 Å². The van der Waals surface area contributed by atoms with Crippen LogP contribution in [0.2, 0.25) is 0 Å². The fraction of sp³-hybridized carbons (Fsp3) is 0.800. The zero-order valence-electron chi connectivity index (χ0n) is 8.99. The van der Waals surface area contributed by atoms with E-state index in [1.54, 1.807) is 0 Å². The first-order chi connectivity index (χ1) is 6.08. The van der Waals surface area contributed by atoms with E-state index in [1.165, 1.54) is 0 Å². The van der Waals surface area contributed by atoms with Crippen LogP contribution in [0.25, 0.3) is 0 Å². The molecule has 0 bridgehead atoms. The molecule has 0 aliphatic heterocycles. The molecule has 3 nitrogen and oxygen atoms in total. The minimum atomic E-state index is 0.633. The Morgan fingerprint density at radius 2 is 1.92 bits per heavy atom. The van der Waals surface area contributed by atoms with E-state index in [1.807, 2.05) is 4.68 Å². The highest BCUT2D eigenvalue weighted by atomic mass is 15.4. The Labute approximate surface area is 80.1 Å². The third kappa shape index (κ3) is 3.57. The van der Waals surface area contributed by atoms with Gasteiger partial charge < -0.3 is 0 Å². The molecule has 0 unspecified atom stereocenters. The van der Waals surface area contributed by atoms with Crippen LogP contribution in [0.1, 0.15) is 33.4 Å². The van der Waals surface area contributed by atoms with Gasteiger partial charge in [0.2, 0.25) is 0 Å². The van der Waals surface area contributed by atoms with Gasteiger partial charge in [-0.2, -0.15) is 0 Å². The highest BCUT2D eigenvalue weighted by Crippen LogP contribution is 2.05. The van der Waals surface area contributed by atoms with E-state index in [-0.39, 0.29) is 0 Å². The summed E-state index contributed by atoms with van der Waals surface area (Å²) in [4.78, 5) is 0. The Hall–Kier alpha value is -0.860. The Balaban J connectivity index is 2.53. The van der Waals surface area contributed by atoms with Gasteiger partial charge in [-0.05, 0) is 18.3 Å². The summed E-state index contributed by atoms with van der Waals surface area (Å²) in [5.74, 6) is 1.29. The average molecular weight is 181 g/mol. The lowest BCUT2D eigenvalue weighted by Gasteiger charge is -2.02.